The van der Waals surface area contributed by atoms with Crippen molar-refractivity contribution in [3.05, 3.63) is 11.6 Å². The molecule has 0 aliphatic carbocycles. The van der Waals surface area contributed by atoms with Crippen molar-refractivity contribution in [2.75, 3.05) is 18.4 Å². The molecule has 2 amide bonds. The van der Waals surface area contributed by atoms with Gasteiger partial charge in [-0.3, -0.25) is 9.59 Å². The van der Waals surface area contributed by atoms with Gasteiger partial charge in [-0.2, -0.15) is 0 Å². The minimum absolute atomic E-state index is 0.0691. The second-order valence-electron chi connectivity index (χ2n) is 4.03. The van der Waals surface area contributed by atoms with Gasteiger partial charge in [0.2, 0.25) is 11.8 Å². The van der Waals surface area contributed by atoms with Crippen molar-refractivity contribution in [2.24, 2.45) is 0 Å². The predicted molar refractivity (Wildman–Crippen MR) is 72.5 cm³/mol. The molecule has 0 bridgehead atoms. The van der Waals surface area contributed by atoms with E-state index in [2.05, 4.69) is 17.2 Å². The molecule has 0 saturated carbocycles. The minimum Gasteiger partial charge on any atom is -0.334 e. The summed E-state index contributed by atoms with van der Waals surface area (Å²) in [6, 6.07) is 0. The van der Waals surface area contributed by atoms with Crippen molar-refractivity contribution in [1.82, 2.24) is 9.88 Å². The Balaban J connectivity index is 2.40. The van der Waals surface area contributed by atoms with E-state index in [1.165, 1.54) is 18.3 Å². The van der Waals surface area contributed by atoms with Gasteiger partial charge in [0.05, 0.1) is 6.54 Å². The normalized spacial score (nSPS) is 10.1. The zero-order chi connectivity index (χ0) is 13.4. The molecule has 1 aromatic rings. The van der Waals surface area contributed by atoms with Gasteiger partial charge in [-0.1, -0.05) is 19.8 Å². The highest BCUT2D eigenvalue weighted by molar-refractivity contribution is 7.13. The standard InChI is InChI=1S/C12H19N3O2S/c1-3-4-5-7-15(10(2)16)9-11(17)14-12-13-6-8-18-12/h6,8H,3-5,7,9H2,1-2H3,(H,13,14,17). The molecule has 100 valence electrons. The van der Waals surface area contributed by atoms with Crippen molar-refractivity contribution in [3.63, 3.8) is 0 Å². The number of nitrogens with zero attached hydrogens (tertiary/aromatic N) is 2. The summed E-state index contributed by atoms with van der Waals surface area (Å²) in [6.07, 6.45) is 4.72. The highest BCUT2D eigenvalue weighted by Gasteiger charge is 2.13. The van der Waals surface area contributed by atoms with E-state index < -0.39 is 0 Å². The molecular weight excluding hydrogens is 250 g/mol. The van der Waals surface area contributed by atoms with Gasteiger partial charge in [0.1, 0.15) is 0 Å². The zero-order valence-corrected chi connectivity index (χ0v) is 11.6. The Morgan fingerprint density at radius 2 is 2.22 bits per heavy atom. The molecule has 0 fully saturated rings. The third-order valence-corrected chi connectivity index (χ3v) is 3.18. The number of aromatic nitrogens is 1. The summed E-state index contributed by atoms with van der Waals surface area (Å²) >= 11 is 1.36. The number of amides is 2. The van der Waals surface area contributed by atoms with E-state index in [-0.39, 0.29) is 18.4 Å². The van der Waals surface area contributed by atoms with E-state index in [1.54, 1.807) is 16.5 Å². The van der Waals surface area contributed by atoms with E-state index in [1.807, 2.05) is 0 Å². The second kappa shape index (κ2) is 7.81. The molecule has 0 aliphatic heterocycles. The molecule has 1 aromatic heterocycles. The van der Waals surface area contributed by atoms with Gasteiger partial charge in [0.25, 0.3) is 0 Å². The van der Waals surface area contributed by atoms with E-state index in [9.17, 15) is 9.59 Å². The van der Waals surface area contributed by atoms with Crippen LogP contribution in [0.3, 0.4) is 0 Å². The fourth-order valence-electron chi connectivity index (χ4n) is 1.52. The molecule has 0 aromatic carbocycles. The first-order valence-corrected chi connectivity index (χ1v) is 6.96. The number of unbranched alkanes of at least 4 members (excludes halogenated alkanes) is 2. The Morgan fingerprint density at radius 3 is 2.78 bits per heavy atom. The Labute approximate surface area is 111 Å². The van der Waals surface area contributed by atoms with Crippen LogP contribution >= 0.6 is 11.3 Å². The lowest BCUT2D eigenvalue weighted by atomic mass is 10.2. The van der Waals surface area contributed by atoms with Gasteiger partial charge < -0.3 is 10.2 Å². The number of hydrogen-bond donors (Lipinski definition) is 1. The largest absolute Gasteiger partial charge is 0.334 e. The molecule has 5 nitrogen and oxygen atoms in total. The van der Waals surface area contributed by atoms with Crippen LogP contribution in [-0.2, 0) is 9.59 Å². The van der Waals surface area contributed by atoms with Crippen LogP contribution in [0.15, 0.2) is 11.6 Å². The summed E-state index contributed by atoms with van der Waals surface area (Å²) in [5.74, 6) is -0.267. The number of nitrogens with one attached hydrogen (secondary N) is 1. The number of rotatable bonds is 7. The van der Waals surface area contributed by atoms with Crippen LogP contribution in [0.25, 0.3) is 0 Å². The maximum Gasteiger partial charge on any atom is 0.245 e. The smallest absolute Gasteiger partial charge is 0.245 e. The quantitative estimate of drug-likeness (QED) is 0.771. The van der Waals surface area contributed by atoms with Crippen LogP contribution in [0.2, 0.25) is 0 Å². The molecule has 0 radical (unpaired) electrons. The lowest BCUT2D eigenvalue weighted by Gasteiger charge is -2.19. The first-order valence-electron chi connectivity index (χ1n) is 6.08. The summed E-state index contributed by atoms with van der Waals surface area (Å²) in [6.45, 7) is 4.32. The summed E-state index contributed by atoms with van der Waals surface area (Å²) in [7, 11) is 0. The van der Waals surface area contributed by atoms with Crippen LogP contribution in [0.5, 0.6) is 0 Å². The zero-order valence-electron chi connectivity index (χ0n) is 10.8. The third-order valence-electron chi connectivity index (χ3n) is 2.49. The molecule has 0 aliphatic rings. The maximum absolute atomic E-state index is 11.7. The number of anilines is 1. The topological polar surface area (TPSA) is 62.3 Å². The lowest BCUT2D eigenvalue weighted by Crippen LogP contribution is -2.37. The van der Waals surface area contributed by atoms with E-state index in [4.69, 9.17) is 0 Å². The Bertz CT molecular complexity index is 379. The van der Waals surface area contributed by atoms with Crippen molar-refractivity contribution < 1.29 is 9.59 Å². The van der Waals surface area contributed by atoms with Gasteiger partial charge in [-0.25, -0.2) is 4.98 Å². The molecule has 0 unspecified atom stereocenters. The van der Waals surface area contributed by atoms with Gasteiger partial charge >= 0.3 is 0 Å². The van der Waals surface area contributed by atoms with E-state index >= 15 is 0 Å². The van der Waals surface area contributed by atoms with Gasteiger partial charge in [-0.15, -0.1) is 11.3 Å². The fraction of sp³-hybridized carbons (Fsp3) is 0.583. The molecule has 18 heavy (non-hydrogen) atoms. The summed E-state index contributed by atoms with van der Waals surface area (Å²) in [4.78, 5) is 28.7. The highest BCUT2D eigenvalue weighted by Crippen LogP contribution is 2.10. The summed E-state index contributed by atoms with van der Waals surface area (Å²) in [5, 5.41) is 5.03. The number of thiazole rings is 1. The minimum atomic E-state index is -0.198. The Hall–Kier alpha value is -1.43. The average Bonchev–Trinajstić information content (AvgIpc) is 2.80. The predicted octanol–water partition coefficient (Wildman–Crippen LogP) is 2.12. The fourth-order valence-corrected chi connectivity index (χ4v) is 2.06. The molecular formula is C12H19N3O2S. The Kier molecular flexibility index (Phi) is 6.35. The molecule has 0 atom stereocenters. The van der Waals surface area contributed by atoms with Crippen LogP contribution < -0.4 is 5.32 Å². The summed E-state index contributed by atoms with van der Waals surface area (Å²) < 4.78 is 0. The highest BCUT2D eigenvalue weighted by atomic mass is 32.1. The van der Waals surface area contributed by atoms with Crippen molar-refractivity contribution in [1.29, 1.82) is 0 Å². The van der Waals surface area contributed by atoms with Crippen LogP contribution in [-0.4, -0.2) is 34.8 Å². The molecule has 1 N–H and O–H groups in total. The molecule has 0 saturated heterocycles. The van der Waals surface area contributed by atoms with Crippen LogP contribution in [0, 0.1) is 0 Å². The SMILES string of the molecule is CCCCCN(CC(=O)Nc1nccs1)C(C)=O. The number of carbonyl (C=O) groups is 2. The lowest BCUT2D eigenvalue weighted by molar-refractivity contribution is -0.132. The van der Waals surface area contributed by atoms with Gasteiger partial charge in [0, 0.05) is 25.0 Å². The third kappa shape index (κ3) is 5.27. The molecule has 1 heterocycles. The monoisotopic (exact) mass is 269 g/mol. The number of carbonyl (C=O) groups excluding carboxylic acids is 2. The summed E-state index contributed by atoms with van der Waals surface area (Å²) in [5.41, 5.74) is 0. The van der Waals surface area contributed by atoms with Gasteiger partial charge in [-0.05, 0) is 6.42 Å². The maximum atomic E-state index is 11.7. The first-order chi connectivity index (χ1) is 8.63. The second-order valence-corrected chi connectivity index (χ2v) is 4.93. The van der Waals surface area contributed by atoms with E-state index in [0.29, 0.717) is 11.7 Å². The van der Waals surface area contributed by atoms with E-state index in [0.717, 1.165) is 19.3 Å². The molecule has 1 rings (SSSR count). The van der Waals surface area contributed by atoms with Crippen LogP contribution in [0.1, 0.15) is 33.1 Å². The van der Waals surface area contributed by atoms with Gasteiger partial charge in [0.15, 0.2) is 5.13 Å². The van der Waals surface area contributed by atoms with Crippen molar-refractivity contribution in [3.8, 4) is 0 Å². The average molecular weight is 269 g/mol. The van der Waals surface area contributed by atoms with Crippen molar-refractivity contribution >= 4 is 28.3 Å². The number of hydrogen-bond acceptors (Lipinski definition) is 4. The van der Waals surface area contributed by atoms with Crippen molar-refractivity contribution in [2.45, 2.75) is 33.1 Å². The molecule has 6 heteroatoms. The van der Waals surface area contributed by atoms with Crippen LogP contribution in [0.4, 0.5) is 5.13 Å². The Morgan fingerprint density at radius 1 is 1.44 bits per heavy atom. The molecule has 0 spiro atoms. The first kappa shape index (κ1) is 14.6.